The molecule has 1 aromatic heterocycles. The molecule has 4 rings (SSSR count). The molecule has 2 aliphatic rings. The minimum Gasteiger partial charge on any atom is -0.369 e. The standard InChI is InChI=1S/C19H23F3N4/c1-2-25-12-4-3-5-16(25)17-15-10-11-23-18(15)26(24-17)14-8-6-13(7-9-14)19(20,21)22/h6-9,16,23H,2-5,10-12H2,1H3. The summed E-state index contributed by atoms with van der Waals surface area (Å²) in [5.74, 6) is 0.932. The van der Waals surface area contributed by atoms with E-state index in [-0.39, 0.29) is 0 Å². The summed E-state index contributed by atoms with van der Waals surface area (Å²) >= 11 is 0. The van der Waals surface area contributed by atoms with Gasteiger partial charge in [0.15, 0.2) is 0 Å². The van der Waals surface area contributed by atoms with Gasteiger partial charge in [-0.3, -0.25) is 4.90 Å². The number of likely N-dealkylation sites (tertiary alicyclic amines) is 1. The van der Waals surface area contributed by atoms with Crippen molar-refractivity contribution in [2.45, 2.75) is 44.8 Å². The van der Waals surface area contributed by atoms with Gasteiger partial charge in [-0.05, 0) is 56.6 Å². The summed E-state index contributed by atoms with van der Waals surface area (Å²) in [6.07, 6.45) is 0.0856. The van der Waals surface area contributed by atoms with Crippen molar-refractivity contribution in [3.8, 4) is 5.69 Å². The number of alkyl halides is 3. The van der Waals surface area contributed by atoms with Crippen molar-refractivity contribution in [1.29, 1.82) is 0 Å². The fourth-order valence-electron chi connectivity index (χ4n) is 4.13. The molecule has 0 saturated carbocycles. The number of benzene rings is 1. The Kier molecular flexibility index (Phi) is 4.42. The Hall–Kier alpha value is -2.02. The van der Waals surface area contributed by atoms with Gasteiger partial charge in [0.2, 0.25) is 0 Å². The Balaban J connectivity index is 1.72. The molecule has 2 aliphatic heterocycles. The lowest BCUT2D eigenvalue weighted by Gasteiger charge is -2.34. The molecule has 0 bridgehead atoms. The van der Waals surface area contributed by atoms with Gasteiger partial charge in [-0.2, -0.15) is 18.3 Å². The fraction of sp³-hybridized carbons (Fsp3) is 0.526. The first kappa shape index (κ1) is 17.4. The summed E-state index contributed by atoms with van der Waals surface area (Å²) in [4.78, 5) is 2.46. The van der Waals surface area contributed by atoms with E-state index >= 15 is 0 Å². The lowest BCUT2D eigenvalue weighted by atomic mass is 9.96. The molecular weight excluding hydrogens is 341 g/mol. The van der Waals surface area contributed by atoms with Gasteiger partial charge in [-0.25, -0.2) is 4.68 Å². The molecule has 140 valence electrons. The monoisotopic (exact) mass is 364 g/mol. The SMILES string of the molecule is CCN1CCCCC1c1nn(-c2ccc(C(F)(F)F)cc2)c2c1CCN2. The molecule has 1 saturated heterocycles. The average Bonchev–Trinajstić information content (AvgIpc) is 3.23. The van der Waals surface area contributed by atoms with E-state index < -0.39 is 11.7 Å². The van der Waals surface area contributed by atoms with Gasteiger partial charge in [0.25, 0.3) is 0 Å². The highest BCUT2D eigenvalue weighted by Gasteiger charge is 2.33. The van der Waals surface area contributed by atoms with Crippen LogP contribution in [0, 0.1) is 0 Å². The predicted octanol–water partition coefficient (Wildman–Crippen LogP) is 4.41. The molecule has 0 aliphatic carbocycles. The maximum atomic E-state index is 12.8. The van der Waals surface area contributed by atoms with Crippen LogP contribution >= 0.6 is 0 Å². The zero-order valence-corrected chi connectivity index (χ0v) is 14.8. The summed E-state index contributed by atoms with van der Waals surface area (Å²) in [7, 11) is 0. The number of hydrogen-bond donors (Lipinski definition) is 1. The summed E-state index contributed by atoms with van der Waals surface area (Å²) < 4.78 is 40.3. The van der Waals surface area contributed by atoms with Crippen molar-refractivity contribution in [2.75, 3.05) is 25.0 Å². The van der Waals surface area contributed by atoms with Crippen molar-refractivity contribution >= 4 is 5.82 Å². The molecule has 0 spiro atoms. The van der Waals surface area contributed by atoms with Crippen molar-refractivity contribution in [3.05, 3.63) is 41.1 Å². The van der Waals surface area contributed by atoms with Crippen molar-refractivity contribution in [1.82, 2.24) is 14.7 Å². The van der Waals surface area contributed by atoms with Gasteiger partial charge >= 0.3 is 6.18 Å². The van der Waals surface area contributed by atoms with E-state index in [1.54, 1.807) is 4.68 Å². The summed E-state index contributed by atoms with van der Waals surface area (Å²) in [6.45, 7) is 5.08. The quantitative estimate of drug-likeness (QED) is 0.876. The predicted molar refractivity (Wildman–Crippen MR) is 94.6 cm³/mol. The molecule has 0 amide bonds. The highest BCUT2D eigenvalue weighted by Crippen LogP contribution is 2.38. The van der Waals surface area contributed by atoms with Crippen LogP contribution in [0.5, 0.6) is 0 Å². The zero-order chi connectivity index (χ0) is 18.3. The second kappa shape index (κ2) is 6.61. The van der Waals surface area contributed by atoms with E-state index in [4.69, 9.17) is 5.10 Å². The van der Waals surface area contributed by atoms with Crippen LogP contribution in [0.15, 0.2) is 24.3 Å². The third kappa shape index (κ3) is 2.98. The number of anilines is 1. The molecular formula is C19H23F3N4. The number of nitrogens with zero attached hydrogens (tertiary/aromatic N) is 3. The summed E-state index contributed by atoms with van der Waals surface area (Å²) in [6, 6.07) is 5.54. The first-order chi connectivity index (χ1) is 12.5. The van der Waals surface area contributed by atoms with Gasteiger partial charge in [0.05, 0.1) is 23.0 Å². The average molecular weight is 364 g/mol. The van der Waals surface area contributed by atoms with Gasteiger partial charge in [-0.1, -0.05) is 13.3 Å². The molecule has 1 atom stereocenters. The minimum atomic E-state index is -4.32. The molecule has 2 aromatic rings. The van der Waals surface area contributed by atoms with Crippen LogP contribution < -0.4 is 5.32 Å². The number of nitrogens with one attached hydrogen (secondary N) is 1. The second-order valence-corrected chi connectivity index (χ2v) is 6.99. The van der Waals surface area contributed by atoms with E-state index in [0.29, 0.717) is 11.7 Å². The Morgan fingerprint density at radius 1 is 1.19 bits per heavy atom. The lowest BCUT2D eigenvalue weighted by molar-refractivity contribution is -0.137. The summed E-state index contributed by atoms with van der Waals surface area (Å²) in [5.41, 5.74) is 2.33. The Morgan fingerprint density at radius 2 is 1.96 bits per heavy atom. The number of halogens is 3. The van der Waals surface area contributed by atoms with Crippen LogP contribution in [0.4, 0.5) is 19.0 Å². The highest BCUT2D eigenvalue weighted by atomic mass is 19.4. The smallest absolute Gasteiger partial charge is 0.369 e. The number of piperidine rings is 1. The molecule has 1 N–H and O–H groups in total. The van der Waals surface area contributed by atoms with E-state index in [1.807, 2.05) is 0 Å². The van der Waals surface area contributed by atoms with Crippen molar-refractivity contribution in [2.24, 2.45) is 0 Å². The van der Waals surface area contributed by atoms with Gasteiger partial charge in [-0.15, -0.1) is 0 Å². The Labute approximate surface area is 151 Å². The van der Waals surface area contributed by atoms with Crippen LogP contribution in [0.3, 0.4) is 0 Å². The first-order valence-corrected chi connectivity index (χ1v) is 9.26. The normalized spacial score (nSPS) is 20.8. The Bertz CT molecular complexity index is 779. The van der Waals surface area contributed by atoms with Gasteiger partial charge < -0.3 is 5.32 Å². The van der Waals surface area contributed by atoms with E-state index in [1.165, 1.54) is 30.5 Å². The molecule has 26 heavy (non-hydrogen) atoms. The largest absolute Gasteiger partial charge is 0.416 e. The topological polar surface area (TPSA) is 33.1 Å². The number of hydrogen-bond acceptors (Lipinski definition) is 3. The second-order valence-electron chi connectivity index (χ2n) is 6.99. The third-order valence-electron chi connectivity index (χ3n) is 5.46. The molecule has 0 radical (unpaired) electrons. The maximum absolute atomic E-state index is 12.8. The number of fused-ring (bicyclic) bond motifs is 1. The van der Waals surface area contributed by atoms with E-state index in [9.17, 15) is 13.2 Å². The highest BCUT2D eigenvalue weighted by molar-refractivity contribution is 5.58. The minimum absolute atomic E-state index is 0.304. The molecule has 7 heteroatoms. The molecule has 1 aromatic carbocycles. The maximum Gasteiger partial charge on any atom is 0.416 e. The zero-order valence-electron chi connectivity index (χ0n) is 14.8. The fourth-order valence-corrected chi connectivity index (χ4v) is 4.13. The number of rotatable bonds is 3. The molecule has 1 fully saturated rings. The van der Waals surface area contributed by atoms with Crippen molar-refractivity contribution in [3.63, 3.8) is 0 Å². The number of aromatic nitrogens is 2. The van der Waals surface area contributed by atoms with Crippen molar-refractivity contribution < 1.29 is 13.2 Å². The van der Waals surface area contributed by atoms with Gasteiger partial charge in [0.1, 0.15) is 5.82 Å². The first-order valence-electron chi connectivity index (χ1n) is 9.26. The van der Waals surface area contributed by atoms with E-state index in [0.717, 1.165) is 56.1 Å². The van der Waals surface area contributed by atoms with Gasteiger partial charge in [0, 0.05) is 12.1 Å². The van der Waals surface area contributed by atoms with Crippen LogP contribution in [0.25, 0.3) is 5.69 Å². The van der Waals surface area contributed by atoms with E-state index in [2.05, 4.69) is 17.1 Å². The lowest BCUT2D eigenvalue weighted by Crippen LogP contribution is -2.33. The molecule has 1 unspecified atom stereocenters. The van der Waals surface area contributed by atoms with Crippen LogP contribution in [0.2, 0.25) is 0 Å². The molecule has 4 nitrogen and oxygen atoms in total. The summed E-state index contributed by atoms with van der Waals surface area (Å²) in [5, 5.41) is 8.21. The van der Waals surface area contributed by atoms with Crippen LogP contribution in [0.1, 0.15) is 49.0 Å². The Morgan fingerprint density at radius 3 is 2.65 bits per heavy atom. The molecule has 3 heterocycles. The van der Waals surface area contributed by atoms with Crippen LogP contribution in [-0.2, 0) is 12.6 Å². The van der Waals surface area contributed by atoms with Crippen LogP contribution in [-0.4, -0.2) is 34.3 Å². The third-order valence-corrected chi connectivity index (χ3v) is 5.46.